The molecule has 1 aromatic rings. The van der Waals surface area contributed by atoms with Crippen LogP contribution in [0.15, 0.2) is 18.2 Å². The molecule has 0 radical (unpaired) electrons. The molecule has 4 heteroatoms. The van der Waals surface area contributed by atoms with Gasteiger partial charge in [-0.2, -0.15) is 11.8 Å². The molecule has 1 unspecified atom stereocenters. The Morgan fingerprint density at radius 1 is 1.35 bits per heavy atom. The van der Waals surface area contributed by atoms with Crippen LogP contribution >= 0.6 is 35.0 Å². The molecule has 0 heterocycles. The highest BCUT2D eigenvalue weighted by atomic mass is 35.5. The van der Waals surface area contributed by atoms with Crippen LogP contribution in [0.5, 0.6) is 0 Å². The third kappa shape index (κ3) is 5.52. The van der Waals surface area contributed by atoms with Crippen LogP contribution in [0.3, 0.4) is 0 Å². The first kappa shape index (κ1) is 15.2. The largest absolute Gasteiger partial charge is 0.314 e. The van der Waals surface area contributed by atoms with Crippen molar-refractivity contribution < 1.29 is 0 Å². The number of halogens is 2. The molecule has 1 nitrogen and oxygen atoms in total. The van der Waals surface area contributed by atoms with E-state index in [0.717, 1.165) is 24.4 Å². The maximum atomic E-state index is 6.19. The van der Waals surface area contributed by atoms with Crippen molar-refractivity contribution in [3.05, 3.63) is 33.8 Å². The SMILES string of the molecule is CCNC(CCSC)Cc1ccc(Cl)cc1Cl. The van der Waals surface area contributed by atoms with E-state index in [2.05, 4.69) is 18.5 Å². The van der Waals surface area contributed by atoms with Crippen LogP contribution in [0.2, 0.25) is 10.0 Å². The van der Waals surface area contributed by atoms with E-state index >= 15 is 0 Å². The van der Waals surface area contributed by atoms with Gasteiger partial charge in [0.25, 0.3) is 0 Å². The molecule has 1 N–H and O–H groups in total. The Hall–Kier alpha value is 0.110. The van der Waals surface area contributed by atoms with E-state index in [9.17, 15) is 0 Å². The summed E-state index contributed by atoms with van der Waals surface area (Å²) >= 11 is 14.0. The van der Waals surface area contributed by atoms with Gasteiger partial charge in [0, 0.05) is 16.1 Å². The average molecular weight is 292 g/mol. The summed E-state index contributed by atoms with van der Waals surface area (Å²) in [5, 5.41) is 4.97. The number of rotatable bonds is 7. The van der Waals surface area contributed by atoms with E-state index < -0.39 is 0 Å². The lowest BCUT2D eigenvalue weighted by Gasteiger charge is -2.18. The molecule has 0 aliphatic carbocycles. The van der Waals surface area contributed by atoms with Crippen LogP contribution in [-0.2, 0) is 6.42 Å². The molecule has 0 spiro atoms. The molecule has 17 heavy (non-hydrogen) atoms. The van der Waals surface area contributed by atoms with Gasteiger partial charge in [-0.25, -0.2) is 0 Å². The number of nitrogens with one attached hydrogen (secondary N) is 1. The second kappa shape index (κ2) is 8.25. The summed E-state index contributed by atoms with van der Waals surface area (Å²) in [7, 11) is 0. The predicted octanol–water partition coefficient (Wildman–Crippen LogP) is 4.27. The molecule has 1 aromatic carbocycles. The van der Waals surface area contributed by atoms with Crippen molar-refractivity contribution in [2.24, 2.45) is 0 Å². The van der Waals surface area contributed by atoms with Gasteiger partial charge in [-0.05, 0) is 49.1 Å². The van der Waals surface area contributed by atoms with Crippen LogP contribution in [0.1, 0.15) is 18.9 Å². The van der Waals surface area contributed by atoms with Crippen LogP contribution < -0.4 is 5.32 Å². The fraction of sp³-hybridized carbons (Fsp3) is 0.538. The Labute approximate surface area is 118 Å². The topological polar surface area (TPSA) is 12.0 Å². The van der Waals surface area contributed by atoms with Crippen molar-refractivity contribution in [3.63, 3.8) is 0 Å². The highest BCUT2D eigenvalue weighted by Crippen LogP contribution is 2.22. The maximum Gasteiger partial charge on any atom is 0.0453 e. The summed E-state index contributed by atoms with van der Waals surface area (Å²) in [6.45, 7) is 3.12. The van der Waals surface area contributed by atoms with Crippen LogP contribution in [0.25, 0.3) is 0 Å². The third-order valence-corrected chi connectivity index (χ3v) is 3.88. The van der Waals surface area contributed by atoms with E-state index in [1.165, 1.54) is 11.3 Å². The number of likely N-dealkylation sites (N-methyl/N-ethyl adjacent to an activating group) is 1. The highest BCUT2D eigenvalue weighted by Gasteiger charge is 2.10. The van der Waals surface area contributed by atoms with Gasteiger partial charge in [0.05, 0.1) is 0 Å². The fourth-order valence-electron chi connectivity index (χ4n) is 1.78. The van der Waals surface area contributed by atoms with E-state index in [4.69, 9.17) is 23.2 Å². The summed E-state index contributed by atoms with van der Waals surface area (Å²) in [5.41, 5.74) is 1.17. The maximum absolute atomic E-state index is 6.19. The molecule has 0 saturated carbocycles. The molecule has 1 atom stereocenters. The standard InChI is InChI=1S/C13H19Cl2NS/c1-3-16-12(6-7-17-2)8-10-4-5-11(14)9-13(10)15/h4-5,9,12,16H,3,6-8H2,1-2H3. The van der Waals surface area contributed by atoms with Gasteiger partial charge in [-0.1, -0.05) is 36.2 Å². The van der Waals surface area contributed by atoms with Crippen molar-refractivity contribution in [2.45, 2.75) is 25.8 Å². The molecule has 96 valence electrons. The van der Waals surface area contributed by atoms with Crippen LogP contribution in [-0.4, -0.2) is 24.6 Å². The molecule has 0 aliphatic heterocycles. The summed E-state index contributed by atoms with van der Waals surface area (Å²) in [6, 6.07) is 6.23. The van der Waals surface area contributed by atoms with Gasteiger partial charge in [0.2, 0.25) is 0 Å². The zero-order chi connectivity index (χ0) is 12.7. The van der Waals surface area contributed by atoms with Crippen LogP contribution in [0.4, 0.5) is 0 Å². The van der Waals surface area contributed by atoms with E-state index in [-0.39, 0.29) is 0 Å². The lowest BCUT2D eigenvalue weighted by atomic mass is 10.0. The van der Waals surface area contributed by atoms with Gasteiger partial charge in [0.1, 0.15) is 0 Å². The van der Waals surface area contributed by atoms with Gasteiger partial charge >= 0.3 is 0 Å². The van der Waals surface area contributed by atoms with Crippen molar-refractivity contribution in [1.82, 2.24) is 5.32 Å². The Kier molecular flexibility index (Phi) is 7.36. The van der Waals surface area contributed by atoms with E-state index in [1.807, 2.05) is 30.0 Å². The second-order valence-electron chi connectivity index (χ2n) is 3.98. The second-order valence-corrected chi connectivity index (χ2v) is 5.81. The molecule has 0 fully saturated rings. The first-order valence-electron chi connectivity index (χ1n) is 5.83. The van der Waals surface area contributed by atoms with Crippen LogP contribution in [0, 0.1) is 0 Å². The van der Waals surface area contributed by atoms with Crippen molar-refractivity contribution >= 4 is 35.0 Å². The lowest BCUT2D eigenvalue weighted by molar-refractivity contribution is 0.513. The van der Waals surface area contributed by atoms with Crippen molar-refractivity contribution in [1.29, 1.82) is 0 Å². The Balaban J connectivity index is 2.64. The summed E-state index contributed by atoms with van der Waals surface area (Å²) in [4.78, 5) is 0. The third-order valence-electron chi connectivity index (χ3n) is 2.64. The fourth-order valence-corrected chi connectivity index (χ4v) is 2.78. The number of thioether (sulfide) groups is 1. The molecule has 0 amide bonds. The molecule has 0 aliphatic rings. The Bertz CT molecular complexity index is 344. The Morgan fingerprint density at radius 3 is 2.71 bits per heavy atom. The molecule has 1 rings (SSSR count). The highest BCUT2D eigenvalue weighted by molar-refractivity contribution is 7.98. The van der Waals surface area contributed by atoms with Gasteiger partial charge in [-0.15, -0.1) is 0 Å². The lowest BCUT2D eigenvalue weighted by Crippen LogP contribution is -2.31. The number of hydrogen-bond donors (Lipinski definition) is 1. The smallest absolute Gasteiger partial charge is 0.0453 e. The molecular formula is C13H19Cl2NS. The Morgan fingerprint density at radius 2 is 2.12 bits per heavy atom. The normalized spacial score (nSPS) is 12.7. The molecule has 0 saturated heterocycles. The predicted molar refractivity (Wildman–Crippen MR) is 80.6 cm³/mol. The van der Waals surface area contributed by atoms with E-state index in [0.29, 0.717) is 11.1 Å². The number of benzene rings is 1. The zero-order valence-corrected chi connectivity index (χ0v) is 12.6. The number of hydrogen-bond acceptors (Lipinski definition) is 2. The molecule has 0 bridgehead atoms. The van der Waals surface area contributed by atoms with E-state index in [1.54, 1.807) is 0 Å². The van der Waals surface area contributed by atoms with Crippen molar-refractivity contribution in [3.8, 4) is 0 Å². The summed E-state index contributed by atoms with van der Waals surface area (Å²) < 4.78 is 0. The van der Waals surface area contributed by atoms with Crippen molar-refractivity contribution in [2.75, 3.05) is 18.6 Å². The minimum Gasteiger partial charge on any atom is -0.314 e. The molecular weight excluding hydrogens is 273 g/mol. The van der Waals surface area contributed by atoms with Gasteiger partial charge in [0.15, 0.2) is 0 Å². The molecule has 0 aromatic heterocycles. The minimum atomic E-state index is 0.492. The average Bonchev–Trinajstić information content (AvgIpc) is 2.29. The minimum absolute atomic E-state index is 0.492. The quantitative estimate of drug-likeness (QED) is 0.805. The zero-order valence-electron chi connectivity index (χ0n) is 10.3. The first-order valence-corrected chi connectivity index (χ1v) is 7.98. The summed E-state index contributed by atoms with van der Waals surface area (Å²) in [6.07, 6.45) is 4.26. The monoisotopic (exact) mass is 291 g/mol. The van der Waals surface area contributed by atoms with Gasteiger partial charge < -0.3 is 5.32 Å². The summed E-state index contributed by atoms with van der Waals surface area (Å²) in [5.74, 6) is 1.17. The first-order chi connectivity index (χ1) is 8.17. The van der Waals surface area contributed by atoms with Gasteiger partial charge in [-0.3, -0.25) is 0 Å².